The van der Waals surface area contributed by atoms with E-state index in [0.29, 0.717) is 0 Å². The zero-order valence-electron chi connectivity index (χ0n) is 17.6. The molecule has 2 rings (SSSR count). The quantitative estimate of drug-likeness (QED) is 0.823. The molecule has 0 radical (unpaired) electrons. The number of aliphatic hydroxyl groups is 2. The molecule has 0 spiro atoms. The van der Waals surface area contributed by atoms with Gasteiger partial charge in [-0.1, -0.05) is 102 Å². The van der Waals surface area contributed by atoms with Gasteiger partial charge in [-0.15, -0.1) is 0 Å². The Morgan fingerprint density at radius 1 is 0.583 bits per heavy atom. The van der Waals surface area contributed by atoms with Crippen LogP contribution in [-0.4, -0.2) is 13.1 Å². The Morgan fingerprint density at radius 3 is 1.08 bits per heavy atom. The number of benzene rings is 2. The van der Waals surface area contributed by atoms with E-state index in [4.69, 9.17) is 13.1 Å². The van der Waals surface area contributed by atoms with Gasteiger partial charge >= 0.3 is 0 Å². The van der Waals surface area contributed by atoms with Crippen LogP contribution in [-0.2, 0) is 11.2 Å². The summed E-state index contributed by atoms with van der Waals surface area (Å²) in [6.07, 6.45) is 0. The molecule has 2 aromatic carbocycles. The highest BCUT2D eigenvalue weighted by atomic mass is 16.4. The highest BCUT2D eigenvalue weighted by molar-refractivity contribution is 5.37. The molecule has 0 heterocycles. The van der Waals surface area contributed by atoms with Gasteiger partial charge in [0.25, 0.3) is 0 Å². The first-order valence-corrected chi connectivity index (χ1v) is 8.48. The summed E-state index contributed by atoms with van der Waals surface area (Å²) in [7, 11) is 0. The minimum Gasteiger partial charge on any atom is -0.381 e. The normalized spacial score (nSPS) is 18.9. The van der Waals surface area contributed by atoms with Crippen LogP contribution in [0.4, 0.5) is 0 Å². The van der Waals surface area contributed by atoms with Crippen LogP contribution in [0.15, 0.2) is 60.7 Å². The highest BCUT2D eigenvalue weighted by Gasteiger charge is 2.63. The molecule has 0 saturated carbocycles. The SMILES string of the molecule is [2H]O[C@](c1ccccc1)(C(C)(C)C)[C@@](O[2H])(c1ccccc1)C(C)(C)C. The monoisotopic (exact) mass is 328 g/mol. The fraction of sp³-hybridized carbons (Fsp3) is 0.455. The van der Waals surface area contributed by atoms with Gasteiger partial charge in [0.15, 0.2) is 0 Å². The van der Waals surface area contributed by atoms with Crippen LogP contribution in [0, 0.1) is 10.8 Å². The predicted octanol–water partition coefficient (Wildman–Crippen LogP) is 4.85. The Morgan fingerprint density at radius 2 is 0.875 bits per heavy atom. The molecule has 0 fully saturated rings. The van der Waals surface area contributed by atoms with Crippen molar-refractivity contribution in [3.63, 3.8) is 0 Å². The lowest BCUT2D eigenvalue weighted by Gasteiger charge is -2.57. The maximum atomic E-state index is 8.23. The van der Waals surface area contributed by atoms with Crippen molar-refractivity contribution in [1.82, 2.24) is 0 Å². The Hall–Kier alpha value is -1.64. The second-order valence-corrected chi connectivity index (χ2v) is 8.59. The zero-order chi connectivity index (χ0) is 19.6. The van der Waals surface area contributed by atoms with E-state index in [1.165, 1.54) is 0 Å². The molecule has 2 aromatic rings. The minimum atomic E-state index is -1.22. The summed E-state index contributed by atoms with van der Waals surface area (Å²) >= 11 is 0. The van der Waals surface area contributed by atoms with Crippen molar-refractivity contribution in [3.8, 4) is 0 Å². The Bertz CT molecular complexity index is 641. The lowest BCUT2D eigenvalue weighted by molar-refractivity contribution is -0.261. The number of rotatable bonds is 5. The van der Waals surface area contributed by atoms with Crippen LogP contribution in [0.2, 0.25) is 0 Å². The Balaban J connectivity index is 3.02. The van der Waals surface area contributed by atoms with Gasteiger partial charge in [-0.05, 0) is 22.0 Å². The van der Waals surface area contributed by atoms with Crippen molar-refractivity contribution >= 4 is 0 Å². The molecule has 0 bridgehead atoms. The molecule has 0 aromatic heterocycles. The van der Waals surface area contributed by atoms with Gasteiger partial charge in [0.1, 0.15) is 11.2 Å². The van der Waals surface area contributed by atoms with E-state index in [1.54, 1.807) is 0 Å². The third kappa shape index (κ3) is 2.68. The molecule has 2 heteroatoms. The summed E-state index contributed by atoms with van der Waals surface area (Å²) in [4.78, 5) is 0. The molecular formula is C22H30O2. The van der Waals surface area contributed by atoms with Gasteiger partial charge in [0, 0.05) is 0 Å². The average molecular weight is 328 g/mol. The summed E-state index contributed by atoms with van der Waals surface area (Å²) in [5.41, 5.74) is -1.90. The molecule has 0 amide bonds. The lowest BCUT2D eigenvalue weighted by Crippen LogP contribution is -2.62. The molecule has 0 saturated heterocycles. The minimum absolute atomic E-state index is 0.541. The summed E-state index contributed by atoms with van der Waals surface area (Å²) in [6.45, 7) is 12.1. The number of hydrogen-bond acceptors (Lipinski definition) is 2. The molecular weight excluding hydrogens is 296 g/mol. The summed E-state index contributed by atoms with van der Waals surface area (Å²) < 4.78 is 16.5. The third-order valence-electron chi connectivity index (χ3n) is 4.97. The maximum absolute atomic E-state index is 8.23. The van der Waals surface area contributed by atoms with Crippen molar-refractivity contribution in [3.05, 3.63) is 71.8 Å². The van der Waals surface area contributed by atoms with Gasteiger partial charge in [0.05, 0.1) is 0 Å². The van der Waals surface area contributed by atoms with Gasteiger partial charge in [-0.2, -0.15) is 0 Å². The third-order valence-corrected chi connectivity index (χ3v) is 4.97. The van der Waals surface area contributed by atoms with E-state index in [-0.39, 0.29) is 0 Å². The summed E-state index contributed by atoms with van der Waals surface area (Å²) in [5.74, 6) is 0. The van der Waals surface area contributed by atoms with Gasteiger partial charge in [-0.25, -0.2) is 0 Å². The molecule has 0 aliphatic rings. The van der Waals surface area contributed by atoms with Crippen LogP contribution in [0.25, 0.3) is 0 Å². The molecule has 2 N–H and O–H groups in total. The van der Waals surface area contributed by atoms with E-state index in [1.807, 2.05) is 102 Å². The standard InChI is InChI=1S/C22H30O2/c1-19(2,3)21(23,17-13-9-7-10-14-17)22(24,20(4,5)6)18-15-11-8-12-16-18/h7-16,23-24H,1-6H3/t21-,22-/m1/s1/i23D,24D. The van der Waals surface area contributed by atoms with E-state index in [2.05, 4.69) is 0 Å². The lowest BCUT2D eigenvalue weighted by atomic mass is 9.53. The van der Waals surface area contributed by atoms with Crippen LogP contribution in [0.1, 0.15) is 52.7 Å². The van der Waals surface area contributed by atoms with Crippen LogP contribution < -0.4 is 0 Å². The fourth-order valence-electron chi connectivity index (χ4n) is 3.67. The van der Waals surface area contributed by atoms with E-state index >= 15 is 0 Å². The first-order valence-electron chi connectivity index (χ1n) is 9.30. The second-order valence-electron chi connectivity index (χ2n) is 8.59. The van der Waals surface area contributed by atoms with Gasteiger partial charge < -0.3 is 10.2 Å². The maximum Gasteiger partial charge on any atom is 0.212 e. The smallest absolute Gasteiger partial charge is 0.212 e. The molecule has 2 nitrogen and oxygen atoms in total. The van der Waals surface area contributed by atoms with Gasteiger partial charge in [0.2, 0.25) is 2.86 Å². The first kappa shape index (κ1) is 15.9. The molecule has 0 aliphatic heterocycles. The molecule has 0 aliphatic carbocycles. The second kappa shape index (κ2) is 6.02. The molecule has 2 atom stereocenters. The Kier molecular flexibility index (Phi) is 3.98. The average Bonchev–Trinajstić information content (AvgIpc) is 2.59. The molecule has 24 heavy (non-hydrogen) atoms. The first-order chi connectivity index (χ1) is 12.1. The Labute approximate surface area is 149 Å². The molecule has 130 valence electrons. The topological polar surface area (TPSA) is 40.5 Å². The number of hydrogen-bond donors (Lipinski definition) is 2. The van der Waals surface area contributed by atoms with E-state index in [9.17, 15) is 0 Å². The predicted molar refractivity (Wildman–Crippen MR) is 99.6 cm³/mol. The van der Waals surface area contributed by atoms with Crippen molar-refractivity contribution in [2.24, 2.45) is 10.8 Å². The van der Waals surface area contributed by atoms with Crippen molar-refractivity contribution in [2.45, 2.75) is 52.7 Å². The summed E-state index contributed by atoms with van der Waals surface area (Å²) in [5, 5.41) is 11.3. The van der Waals surface area contributed by atoms with Gasteiger partial charge in [-0.3, -0.25) is 0 Å². The van der Waals surface area contributed by atoms with Crippen molar-refractivity contribution in [1.29, 1.82) is 2.86 Å². The van der Waals surface area contributed by atoms with Crippen LogP contribution in [0.5, 0.6) is 0 Å². The largest absolute Gasteiger partial charge is 0.381 e. The van der Waals surface area contributed by atoms with Crippen molar-refractivity contribution < 1.29 is 10.2 Å². The highest BCUT2D eigenvalue weighted by Crippen LogP contribution is 2.58. The van der Waals surface area contributed by atoms with Crippen LogP contribution >= 0.6 is 0 Å². The zero-order valence-corrected chi connectivity index (χ0v) is 15.6. The molecule has 0 unspecified atom stereocenters. The van der Waals surface area contributed by atoms with E-state index in [0.717, 1.165) is 11.1 Å². The van der Waals surface area contributed by atoms with Crippen molar-refractivity contribution in [2.75, 3.05) is 0 Å². The fourth-order valence-corrected chi connectivity index (χ4v) is 3.67. The van der Waals surface area contributed by atoms with E-state index < -0.39 is 22.0 Å². The van der Waals surface area contributed by atoms with Crippen LogP contribution in [0.3, 0.4) is 0 Å². The summed E-state index contributed by atoms with van der Waals surface area (Å²) in [6, 6.07) is 19.4.